The van der Waals surface area contributed by atoms with Crippen LogP contribution in [0.3, 0.4) is 0 Å². The second-order valence-corrected chi connectivity index (χ2v) is 2.70. The summed E-state index contributed by atoms with van der Waals surface area (Å²) in [7, 11) is 1.66. The normalized spacial score (nSPS) is 19.6. The van der Waals surface area contributed by atoms with E-state index in [4.69, 9.17) is 11.6 Å². The van der Waals surface area contributed by atoms with Gasteiger partial charge in [-0.15, -0.1) is 5.53 Å². The Bertz CT molecular complexity index is 247. The van der Waals surface area contributed by atoms with Gasteiger partial charge in [-0.05, 0) is 18.5 Å². The number of rotatable bonds is 1. The van der Waals surface area contributed by atoms with E-state index in [-0.39, 0.29) is 0 Å². The fourth-order valence-electron chi connectivity index (χ4n) is 0.887. The molecular formula is C6H8ClF2N3. The SMILES string of the molecule is CC1=CN(C)NN1/C(F)=C(\F)Cl. The number of hydrogen-bond donors (Lipinski definition) is 1. The molecule has 1 rings (SSSR count). The van der Waals surface area contributed by atoms with Crippen LogP contribution in [0.1, 0.15) is 6.92 Å². The topological polar surface area (TPSA) is 18.5 Å². The Hall–Kier alpha value is -0.810. The molecule has 1 N–H and O–H groups in total. The summed E-state index contributed by atoms with van der Waals surface area (Å²) < 4.78 is 25.0. The Balaban J connectivity index is 2.81. The minimum absolute atomic E-state index is 0.519. The van der Waals surface area contributed by atoms with Crippen LogP contribution in [0, 0.1) is 0 Å². The molecule has 0 spiro atoms. The van der Waals surface area contributed by atoms with Crippen LogP contribution in [0.15, 0.2) is 23.1 Å². The fraction of sp³-hybridized carbons (Fsp3) is 0.333. The van der Waals surface area contributed by atoms with Crippen molar-refractivity contribution in [2.75, 3.05) is 7.05 Å². The Kier molecular flexibility index (Phi) is 2.54. The Labute approximate surface area is 73.8 Å². The molecule has 0 saturated carbocycles. The lowest BCUT2D eigenvalue weighted by Crippen LogP contribution is -2.36. The highest BCUT2D eigenvalue weighted by molar-refractivity contribution is 6.28. The molecule has 0 atom stereocenters. The maximum atomic E-state index is 12.8. The van der Waals surface area contributed by atoms with Gasteiger partial charge >= 0.3 is 0 Å². The van der Waals surface area contributed by atoms with E-state index in [0.29, 0.717) is 5.70 Å². The van der Waals surface area contributed by atoms with Crippen LogP contribution in [0.25, 0.3) is 0 Å². The van der Waals surface area contributed by atoms with E-state index in [2.05, 4.69) is 5.53 Å². The predicted octanol–water partition coefficient (Wildman–Crippen LogP) is 1.82. The first-order chi connectivity index (χ1) is 5.52. The zero-order valence-corrected chi connectivity index (χ0v) is 7.36. The Morgan fingerprint density at radius 1 is 1.58 bits per heavy atom. The number of hydrogen-bond acceptors (Lipinski definition) is 3. The van der Waals surface area contributed by atoms with Crippen molar-refractivity contribution < 1.29 is 8.78 Å². The van der Waals surface area contributed by atoms with E-state index < -0.39 is 11.2 Å². The monoisotopic (exact) mass is 195 g/mol. The van der Waals surface area contributed by atoms with Gasteiger partial charge in [0, 0.05) is 13.2 Å². The molecule has 1 aliphatic heterocycles. The molecule has 0 saturated heterocycles. The van der Waals surface area contributed by atoms with E-state index in [1.54, 1.807) is 20.2 Å². The van der Waals surface area contributed by atoms with Crippen molar-refractivity contribution in [1.29, 1.82) is 0 Å². The van der Waals surface area contributed by atoms with Crippen molar-refractivity contribution in [2.45, 2.75) is 6.92 Å². The molecule has 68 valence electrons. The first-order valence-electron chi connectivity index (χ1n) is 3.21. The molecule has 0 aromatic carbocycles. The minimum atomic E-state index is -1.37. The van der Waals surface area contributed by atoms with E-state index in [1.165, 1.54) is 5.01 Å². The van der Waals surface area contributed by atoms with Crippen molar-refractivity contribution >= 4 is 11.6 Å². The van der Waals surface area contributed by atoms with Crippen molar-refractivity contribution in [3.05, 3.63) is 23.1 Å². The van der Waals surface area contributed by atoms with Crippen molar-refractivity contribution in [1.82, 2.24) is 15.6 Å². The van der Waals surface area contributed by atoms with Crippen LogP contribution in [-0.2, 0) is 0 Å². The molecule has 1 heterocycles. The van der Waals surface area contributed by atoms with Crippen LogP contribution >= 0.6 is 11.6 Å². The maximum Gasteiger partial charge on any atom is 0.257 e. The van der Waals surface area contributed by atoms with Crippen LogP contribution in [0.5, 0.6) is 0 Å². The number of hydrazine groups is 2. The van der Waals surface area contributed by atoms with Gasteiger partial charge in [0.05, 0.1) is 5.70 Å². The summed E-state index contributed by atoms with van der Waals surface area (Å²) in [6.07, 6.45) is 1.60. The summed E-state index contributed by atoms with van der Waals surface area (Å²) in [6.45, 7) is 1.62. The molecule has 1 aliphatic rings. The van der Waals surface area contributed by atoms with Crippen LogP contribution in [0.4, 0.5) is 8.78 Å². The quantitative estimate of drug-likeness (QED) is 0.644. The molecule has 0 unspecified atom stereocenters. The third-order valence-electron chi connectivity index (χ3n) is 1.34. The molecule has 0 radical (unpaired) electrons. The van der Waals surface area contributed by atoms with Gasteiger partial charge in [-0.2, -0.15) is 8.78 Å². The van der Waals surface area contributed by atoms with Gasteiger partial charge in [0.1, 0.15) is 0 Å². The Morgan fingerprint density at radius 3 is 2.50 bits per heavy atom. The molecule has 12 heavy (non-hydrogen) atoms. The molecule has 0 amide bonds. The third kappa shape index (κ3) is 1.67. The second-order valence-electron chi connectivity index (χ2n) is 2.37. The number of nitrogens with zero attached hydrogens (tertiary/aromatic N) is 2. The zero-order valence-electron chi connectivity index (χ0n) is 6.61. The molecule has 0 aliphatic carbocycles. The van der Waals surface area contributed by atoms with Gasteiger partial charge in [0.15, 0.2) is 0 Å². The highest BCUT2D eigenvalue weighted by Gasteiger charge is 2.21. The van der Waals surface area contributed by atoms with Gasteiger partial charge in [0.25, 0.3) is 5.95 Å². The predicted molar refractivity (Wildman–Crippen MR) is 41.6 cm³/mol. The van der Waals surface area contributed by atoms with E-state index in [0.717, 1.165) is 5.01 Å². The summed E-state index contributed by atoms with van der Waals surface area (Å²) in [4.78, 5) is 0. The zero-order chi connectivity index (χ0) is 9.30. The van der Waals surface area contributed by atoms with Crippen LogP contribution < -0.4 is 5.53 Å². The second kappa shape index (κ2) is 3.28. The van der Waals surface area contributed by atoms with E-state index in [1.807, 2.05) is 0 Å². The summed E-state index contributed by atoms with van der Waals surface area (Å²) in [5.74, 6) is -1.14. The van der Waals surface area contributed by atoms with Gasteiger partial charge in [-0.3, -0.25) is 5.01 Å². The molecule has 0 fully saturated rings. The van der Waals surface area contributed by atoms with Gasteiger partial charge in [-0.1, -0.05) is 0 Å². The molecular weight excluding hydrogens is 188 g/mol. The van der Waals surface area contributed by atoms with E-state index in [9.17, 15) is 8.78 Å². The third-order valence-corrected chi connectivity index (χ3v) is 1.50. The van der Waals surface area contributed by atoms with Gasteiger partial charge in [0.2, 0.25) is 5.29 Å². The standard InChI is InChI=1S/C6H8ClF2N3/c1-4-3-11(2)10-12(4)6(9)5(7)8/h3,10H,1-2H3/b6-5-. The molecule has 0 aromatic heterocycles. The van der Waals surface area contributed by atoms with Crippen LogP contribution in [0.2, 0.25) is 0 Å². The molecule has 3 nitrogen and oxygen atoms in total. The molecule has 0 aromatic rings. The van der Waals surface area contributed by atoms with Crippen molar-refractivity contribution in [3.8, 4) is 0 Å². The largest absolute Gasteiger partial charge is 0.299 e. The summed E-state index contributed by atoms with van der Waals surface area (Å²) in [5, 5.41) is 1.02. The summed E-state index contributed by atoms with van der Waals surface area (Å²) in [5.41, 5.74) is 3.02. The van der Waals surface area contributed by atoms with Crippen LogP contribution in [-0.4, -0.2) is 17.1 Å². The average Bonchev–Trinajstić information content (AvgIpc) is 2.28. The molecule has 6 heteroatoms. The lowest BCUT2D eigenvalue weighted by molar-refractivity contribution is 0.152. The first-order valence-corrected chi connectivity index (χ1v) is 3.58. The summed E-state index contributed by atoms with van der Waals surface area (Å²) >= 11 is 4.83. The van der Waals surface area contributed by atoms with Crippen molar-refractivity contribution in [2.24, 2.45) is 0 Å². The maximum absolute atomic E-state index is 12.8. The highest BCUT2D eigenvalue weighted by Crippen LogP contribution is 2.21. The lowest BCUT2D eigenvalue weighted by Gasteiger charge is -2.18. The number of nitrogens with one attached hydrogen (secondary N) is 1. The highest BCUT2D eigenvalue weighted by atomic mass is 35.5. The average molecular weight is 196 g/mol. The number of allylic oxidation sites excluding steroid dienone is 1. The fourth-order valence-corrected chi connectivity index (χ4v) is 0.971. The van der Waals surface area contributed by atoms with Crippen molar-refractivity contribution in [3.63, 3.8) is 0 Å². The molecule has 0 bridgehead atoms. The van der Waals surface area contributed by atoms with E-state index >= 15 is 0 Å². The van der Waals surface area contributed by atoms with Gasteiger partial charge in [-0.25, -0.2) is 5.01 Å². The lowest BCUT2D eigenvalue weighted by atomic mass is 10.5. The first kappa shape index (κ1) is 9.28. The van der Waals surface area contributed by atoms with Gasteiger partial charge < -0.3 is 0 Å². The Morgan fingerprint density at radius 2 is 2.17 bits per heavy atom. The minimum Gasteiger partial charge on any atom is -0.299 e. The number of halogens is 3. The smallest absolute Gasteiger partial charge is 0.257 e. The summed E-state index contributed by atoms with van der Waals surface area (Å²) in [6, 6.07) is 0.